The Morgan fingerprint density at radius 2 is 1.95 bits per heavy atom. The summed E-state index contributed by atoms with van der Waals surface area (Å²) in [5.74, 6) is 1.38. The third-order valence-electron chi connectivity index (χ3n) is 4.10. The fourth-order valence-corrected chi connectivity index (χ4v) is 2.60. The molecule has 0 fully saturated rings. The number of hydrogen-bond donors (Lipinski definition) is 0. The van der Waals surface area contributed by atoms with Crippen LogP contribution in [-0.2, 0) is 24.8 Å². The second-order valence-electron chi connectivity index (χ2n) is 6.19. The molecular weight excluding hydrogens is 274 g/mol. The zero-order valence-corrected chi connectivity index (χ0v) is 13.9. The van der Waals surface area contributed by atoms with Crippen LogP contribution in [0.4, 0.5) is 0 Å². The maximum atomic E-state index is 12.8. The molecule has 0 radical (unpaired) electrons. The summed E-state index contributed by atoms with van der Waals surface area (Å²) in [4.78, 5) is 18.9. The van der Waals surface area contributed by atoms with Gasteiger partial charge in [-0.25, -0.2) is 4.98 Å². The van der Waals surface area contributed by atoms with E-state index in [9.17, 15) is 4.79 Å². The van der Waals surface area contributed by atoms with E-state index in [-0.39, 0.29) is 11.8 Å². The maximum absolute atomic E-state index is 12.8. The van der Waals surface area contributed by atoms with Crippen LogP contribution < -0.4 is 0 Å². The molecule has 4 heteroatoms. The van der Waals surface area contributed by atoms with Crippen LogP contribution in [0.1, 0.15) is 25.2 Å². The van der Waals surface area contributed by atoms with Gasteiger partial charge in [0.15, 0.2) is 0 Å². The van der Waals surface area contributed by atoms with E-state index in [1.807, 2.05) is 43.1 Å². The summed E-state index contributed by atoms with van der Waals surface area (Å²) in [6.07, 6.45) is 4.44. The van der Waals surface area contributed by atoms with Gasteiger partial charge in [-0.2, -0.15) is 0 Å². The molecule has 0 bridgehead atoms. The Morgan fingerprint density at radius 3 is 2.50 bits per heavy atom. The van der Waals surface area contributed by atoms with Crippen molar-refractivity contribution in [2.75, 3.05) is 7.05 Å². The second-order valence-corrected chi connectivity index (χ2v) is 6.19. The standard InChI is InChI=1S/C18H25N3O/c1-14(2)16(12-15-8-6-5-7-9-15)18(22)21(4)13-17-19-10-11-20(17)3/h5-11,14,16H,12-13H2,1-4H3/t16-/m1/s1. The van der Waals surface area contributed by atoms with Crippen LogP contribution in [0.15, 0.2) is 42.7 Å². The number of benzene rings is 1. The monoisotopic (exact) mass is 299 g/mol. The summed E-state index contributed by atoms with van der Waals surface area (Å²) in [5, 5.41) is 0. The molecule has 22 heavy (non-hydrogen) atoms. The summed E-state index contributed by atoms with van der Waals surface area (Å²) in [5.41, 5.74) is 1.21. The lowest BCUT2D eigenvalue weighted by molar-refractivity contribution is -0.136. The first-order valence-electron chi connectivity index (χ1n) is 7.74. The molecule has 0 aliphatic rings. The first-order chi connectivity index (χ1) is 10.5. The van der Waals surface area contributed by atoms with Gasteiger partial charge in [0, 0.05) is 32.4 Å². The van der Waals surface area contributed by atoms with Crippen LogP contribution in [0, 0.1) is 11.8 Å². The lowest BCUT2D eigenvalue weighted by atomic mass is 9.88. The Kier molecular flexibility index (Phi) is 5.36. The zero-order valence-electron chi connectivity index (χ0n) is 13.9. The van der Waals surface area contributed by atoms with Gasteiger partial charge in [0.1, 0.15) is 5.82 Å². The zero-order chi connectivity index (χ0) is 16.1. The average Bonchev–Trinajstić information content (AvgIpc) is 2.90. The smallest absolute Gasteiger partial charge is 0.226 e. The summed E-state index contributed by atoms with van der Waals surface area (Å²) in [7, 11) is 3.81. The molecule has 1 aromatic carbocycles. The molecular formula is C18H25N3O. The van der Waals surface area contributed by atoms with E-state index >= 15 is 0 Å². The molecule has 0 aliphatic carbocycles. The van der Waals surface area contributed by atoms with E-state index < -0.39 is 0 Å². The number of aryl methyl sites for hydroxylation is 1. The van der Waals surface area contributed by atoms with E-state index in [1.54, 1.807) is 11.1 Å². The molecule has 1 atom stereocenters. The molecule has 0 aliphatic heterocycles. The van der Waals surface area contributed by atoms with Gasteiger partial charge in [-0.05, 0) is 17.9 Å². The van der Waals surface area contributed by atoms with Crippen molar-refractivity contribution < 1.29 is 4.79 Å². The van der Waals surface area contributed by atoms with Gasteiger partial charge in [0.25, 0.3) is 0 Å². The van der Waals surface area contributed by atoms with Gasteiger partial charge in [-0.15, -0.1) is 0 Å². The van der Waals surface area contributed by atoms with Gasteiger partial charge >= 0.3 is 0 Å². The summed E-state index contributed by atoms with van der Waals surface area (Å²) < 4.78 is 1.95. The third kappa shape index (κ3) is 3.97. The molecule has 0 unspecified atom stereocenters. The number of amides is 1. The number of carbonyl (C=O) groups is 1. The first-order valence-corrected chi connectivity index (χ1v) is 7.74. The number of aromatic nitrogens is 2. The lowest BCUT2D eigenvalue weighted by Crippen LogP contribution is -2.36. The average molecular weight is 299 g/mol. The SMILES string of the molecule is CC(C)[C@@H](Cc1ccccc1)C(=O)N(C)Cc1nccn1C. The van der Waals surface area contributed by atoms with Crippen LogP contribution in [0.5, 0.6) is 0 Å². The van der Waals surface area contributed by atoms with Gasteiger partial charge in [-0.1, -0.05) is 44.2 Å². The topological polar surface area (TPSA) is 38.1 Å². The molecule has 0 saturated carbocycles. The Balaban J connectivity index is 2.07. The Morgan fingerprint density at radius 1 is 1.27 bits per heavy atom. The molecule has 1 amide bonds. The van der Waals surface area contributed by atoms with Gasteiger partial charge in [0.05, 0.1) is 6.54 Å². The second kappa shape index (κ2) is 7.25. The number of nitrogens with zero attached hydrogens (tertiary/aromatic N) is 3. The van der Waals surface area contributed by atoms with Gasteiger partial charge in [0.2, 0.25) is 5.91 Å². The van der Waals surface area contributed by atoms with Crippen molar-refractivity contribution in [2.24, 2.45) is 18.9 Å². The van der Waals surface area contributed by atoms with E-state index in [2.05, 4.69) is 31.0 Å². The molecule has 2 aromatic rings. The number of hydrogen-bond acceptors (Lipinski definition) is 2. The van der Waals surface area contributed by atoms with Crippen LogP contribution in [-0.4, -0.2) is 27.4 Å². The summed E-state index contributed by atoms with van der Waals surface area (Å²) in [6.45, 7) is 4.76. The Bertz CT molecular complexity index is 604. The minimum Gasteiger partial charge on any atom is -0.338 e. The minimum atomic E-state index is -0.00679. The summed E-state index contributed by atoms with van der Waals surface area (Å²) in [6, 6.07) is 10.2. The fraction of sp³-hybridized carbons (Fsp3) is 0.444. The quantitative estimate of drug-likeness (QED) is 0.822. The predicted octanol–water partition coefficient (Wildman–Crippen LogP) is 2.89. The van der Waals surface area contributed by atoms with Crippen LogP contribution >= 0.6 is 0 Å². The fourth-order valence-electron chi connectivity index (χ4n) is 2.60. The van der Waals surface area contributed by atoms with Crippen LogP contribution in [0.25, 0.3) is 0 Å². The molecule has 118 valence electrons. The van der Waals surface area contributed by atoms with Crippen molar-refractivity contribution in [3.63, 3.8) is 0 Å². The van der Waals surface area contributed by atoms with Crippen LogP contribution in [0.3, 0.4) is 0 Å². The first kappa shape index (κ1) is 16.3. The van der Waals surface area contributed by atoms with Crippen LogP contribution in [0.2, 0.25) is 0 Å². The Hall–Kier alpha value is -2.10. The highest BCUT2D eigenvalue weighted by Gasteiger charge is 2.26. The number of imidazole rings is 1. The normalized spacial score (nSPS) is 12.4. The highest BCUT2D eigenvalue weighted by atomic mass is 16.2. The van der Waals surface area contributed by atoms with Crippen molar-refractivity contribution in [2.45, 2.75) is 26.8 Å². The van der Waals surface area contributed by atoms with Crippen molar-refractivity contribution >= 4 is 5.91 Å². The largest absolute Gasteiger partial charge is 0.338 e. The minimum absolute atomic E-state index is 0.00679. The molecule has 1 aromatic heterocycles. The van der Waals surface area contributed by atoms with Gasteiger partial charge < -0.3 is 9.47 Å². The molecule has 4 nitrogen and oxygen atoms in total. The molecule has 1 heterocycles. The number of carbonyl (C=O) groups excluding carboxylic acids is 1. The van der Waals surface area contributed by atoms with E-state index in [4.69, 9.17) is 0 Å². The van der Waals surface area contributed by atoms with Gasteiger partial charge in [-0.3, -0.25) is 4.79 Å². The highest BCUT2D eigenvalue weighted by molar-refractivity contribution is 5.79. The third-order valence-corrected chi connectivity index (χ3v) is 4.10. The van der Waals surface area contributed by atoms with E-state index in [0.29, 0.717) is 12.5 Å². The van der Waals surface area contributed by atoms with Crippen molar-refractivity contribution in [1.29, 1.82) is 0 Å². The van der Waals surface area contributed by atoms with E-state index in [1.165, 1.54) is 5.56 Å². The molecule has 0 saturated heterocycles. The van der Waals surface area contributed by atoms with Crippen molar-refractivity contribution in [3.8, 4) is 0 Å². The predicted molar refractivity (Wildman–Crippen MR) is 88.2 cm³/mol. The summed E-state index contributed by atoms with van der Waals surface area (Å²) >= 11 is 0. The highest BCUT2D eigenvalue weighted by Crippen LogP contribution is 2.20. The van der Waals surface area contributed by atoms with Crippen molar-refractivity contribution in [1.82, 2.24) is 14.5 Å². The molecule has 0 N–H and O–H groups in total. The maximum Gasteiger partial charge on any atom is 0.226 e. The lowest BCUT2D eigenvalue weighted by Gasteiger charge is -2.26. The number of rotatable bonds is 6. The molecule has 0 spiro atoms. The van der Waals surface area contributed by atoms with Crippen molar-refractivity contribution in [3.05, 3.63) is 54.1 Å². The Labute approximate surface area is 132 Å². The van der Waals surface area contributed by atoms with E-state index in [0.717, 1.165) is 12.2 Å². The molecule has 2 rings (SSSR count).